The molecule has 1 amide bonds. The van der Waals surface area contributed by atoms with Crippen molar-refractivity contribution < 1.29 is 37.5 Å². The normalized spacial score (nSPS) is 18.1. The van der Waals surface area contributed by atoms with Crippen LogP contribution in [0.5, 0.6) is 11.5 Å². The fourth-order valence-electron chi connectivity index (χ4n) is 4.73. The molecule has 2 aromatic carbocycles. The number of carboxylic acid groups (broad SMARTS) is 1. The number of amides is 1. The average molecular weight is 564 g/mol. The number of hydrogen-bond donors (Lipinski definition) is 3. The third-order valence-corrected chi connectivity index (χ3v) is 9.37. The van der Waals surface area contributed by atoms with E-state index in [4.69, 9.17) is 9.47 Å². The number of rotatable bonds is 13. The van der Waals surface area contributed by atoms with Crippen molar-refractivity contribution in [2.45, 2.75) is 36.5 Å². The SMILES string of the molecule is COc1cccc(OC)c1-c1ccc(C[C@H](NC(=O)C2(S(=O)(=O)CCC[N+](=O)[O-])CCCNC2)C(=O)O)cc1. The largest absolute Gasteiger partial charge is 0.496 e. The second-order valence-corrected chi connectivity index (χ2v) is 11.7. The number of sulfone groups is 1. The highest BCUT2D eigenvalue weighted by molar-refractivity contribution is 7.93. The molecule has 39 heavy (non-hydrogen) atoms. The third kappa shape index (κ3) is 6.84. The second kappa shape index (κ2) is 12.9. The highest BCUT2D eigenvalue weighted by Crippen LogP contribution is 2.38. The quantitative estimate of drug-likeness (QED) is 0.240. The first-order chi connectivity index (χ1) is 18.5. The number of hydrogen-bond acceptors (Lipinski definition) is 9. The smallest absolute Gasteiger partial charge is 0.326 e. The van der Waals surface area contributed by atoms with Gasteiger partial charge in [-0.05, 0) is 42.6 Å². The number of nitrogens with zero attached hydrogens (tertiary/aromatic N) is 1. The summed E-state index contributed by atoms with van der Waals surface area (Å²) in [6.07, 6.45) is 0.0489. The van der Waals surface area contributed by atoms with Gasteiger partial charge in [-0.1, -0.05) is 30.3 Å². The van der Waals surface area contributed by atoms with Gasteiger partial charge in [0.15, 0.2) is 14.6 Å². The molecule has 2 aromatic rings. The molecule has 0 bridgehead atoms. The molecule has 0 saturated carbocycles. The zero-order valence-corrected chi connectivity index (χ0v) is 22.7. The number of nitrogens with one attached hydrogen (secondary N) is 2. The van der Waals surface area contributed by atoms with E-state index in [9.17, 15) is 33.2 Å². The summed E-state index contributed by atoms with van der Waals surface area (Å²) in [5, 5.41) is 25.9. The monoisotopic (exact) mass is 563 g/mol. The van der Waals surface area contributed by atoms with Crippen LogP contribution in [0, 0.1) is 10.1 Å². The number of piperidine rings is 1. The first-order valence-corrected chi connectivity index (χ1v) is 14.1. The number of nitro groups is 1. The lowest BCUT2D eigenvalue weighted by molar-refractivity contribution is -0.479. The number of carbonyl (C=O) groups excluding carboxylic acids is 1. The number of methoxy groups -OCH3 is 2. The van der Waals surface area contributed by atoms with E-state index >= 15 is 0 Å². The molecule has 1 heterocycles. The van der Waals surface area contributed by atoms with Crippen molar-refractivity contribution in [3.05, 3.63) is 58.1 Å². The van der Waals surface area contributed by atoms with Crippen molar-refractivity contribution in [1.29, 1.82) is 0 Å². The molecule has 1 aliphatic heterocycles. The summed E-state index contributed by atoms with van der Waals surface area (Å²) in [5.41, 5.74) is 2.10. The van der Waals surface area contributed by atoms with E-state index in [0.29, 0.717) is 30.0 Å². The van der Waals surface area contributed by atoms with Gasteiger partial charge in [0.25, 0.3) is 0 Å². The Morgan fingerprint density at radius 3 is 2.31 bits per heavy atom. The number of carbonyl (C=O) groups is 2. The Balaban J connectivity index is 1.81. The molecule has 3 N–H and O–H groups in total. The van der Waals surface area contributed by atoms with Crippen molar-refractivity contribution >= 4 is 21.7 Å². The second-order valence-electron chi connectivity index (χ2n) is 9.31. The van der Waals surface area contributed by atoms with Gasteiger partial charge in [-0.3, -0.25) is 14.9 Å². The van der Waals surface area contributed by atoms with Gasteiger partial charge in [0, 0.05) is 24.3 Å². The lowest BCUT2D eigenvalue weighted by Gasteiger charge is -2.36. The van der Waals surface area contributed by atoms with Gasteiger partial charge in [0.05, 0.1) is 25.5 Å². The van der Waals surface area contributed by atoms with Gasteiger partial charge in [-0.25, -0.2) is 13.2 Å². The van der Waals surface area contributed by atoms with Crippen molar-refractivity contribution in [3.8, 4) is 22.6 Å². The van der Waals surface area contributed by atoms with E-state index in [1.54, 1.807) is 56.7 Å². The van der Waals surface area contributed by atoms with Crippen LogP contribution in [0.1, 0.15) is 24.8 Å². The fourth-order valence-corrected chi connectivity index (χ4v) is 6.74. The Morgan fingerprint density at radius 1 is 1.15 bits per heavy atom. The lowest BCUT2D eigenvalue weighted by atomic mass is 9.96. The zero-order chi connectivity index (χ0) is 28.6. The van der Waals surface area contributed by atoms with Crippen LogP contribution in [-0.4, -0.2) is 80.7 Å². The predicted molar refractivity (Wildman–Crippen MR) is 143 cm³/mol. The molecule has 12 nitrogen and oxygen atoms in total. The first-order valence-electron chi connectivity index (χ1n) is 12.4. The molecule has 212 valence electrons. The van der Waals surface area contributed by atoms with E-state index in [-0.39, 0.29) is 25.8 Å². The molecule has 1 unspecified atom stereocenters. The average Bonchev–Trinajstić information content (AvgIpc) is 2.92. The molecule has 0 spiro atoms. The van der Waals surface area contributed by atoms with Crippen molar-refractivity contribution in [3.63, 3.8) is 0 Å². The number of aliphatic carboxylic acids is 1. The minimum atomic E-state index is -4.13. The van der Waals surface area contributed by atoms with E-state index < -0.39 is 49.7 Å². The van der Waals surface area contributed by atoms with Gasteiger partial charge < -0.3 is 25.2 Å². The Morgan fingerprint density at radius 2 is 1.79 bits per heavy atom. The minimum absolute atomic E-state index is 0.00555. The van der Waals surface area contributed by atoms with Gasteiger partial charge in [-0.2, -0.15) is 0 Å². The van der Waals surface area contributed by atoms with Crippen molar-refractivity contribution in [2.75, 3.05) is 39.6 Å². The molecule has 2 atom stereocenters. The summed E-state index contributed by atoms with van der Waals surface area (Å²) in [6, 6.07) is 11.0. The summed E-state index contributed by atoms with van der Waals surface area (Å²) in [6.45, 7) is -0.231. The standard InChI is InChI=1S/C26H33N3O9S/c1-37-21-6-3-7-22(38-2)23(21)19-10-8-18(9-11-19)16-20(24(30)31)28-25(32)26(12-4-13-27-17-26)39(35,36)15-5-14-29(33)34/h3,6-11,20,27H,4-5,12-17H2,1-2H3,(H,28,32)(H,30,31)/t20-,26?/m0/s1. The van der Waals surface area contributed by atoms with Crippen molar-refractivity contribution in [2.24, 2.45) is 0 Å². The van der Waals surface area contributed by atoms with Crippen LogP contribution in [0.25, 0.3) is 11.1 Å². The predicted octanol–water partition coefficient (Wildman–Crippen LogP) is 1.69. The first kappa shape index (κ1) is 29.8. The minimum Gasteiger partial charge on any atom is -0.496 e. The lowest BCUT2D eigenvalue weighted by Crippen LogP contribution is -2.63. The highest BCUT2D eigenvalue weighted by atomic mass is 32.2. The van der Waals surface area contributed by atoms with Crippen LogP contribution >= 0.6 is 0 Å². The molecule has 1 saturated heterocycles. The van der Waals surface area contributed by atoms with Gasteiger partial charge in [0.1, 0.15) is 17.5 Å². The van der Waals surface area contributed by atoms with Gasteiger partial charge >= 0.3 is 5.97 Å². The molecule has 0 aromatic heterocycles. The Hall–Kier alpha value is -3.71. The number of ether oxygens (including phenoxy) is 2. The fraction of sp³-hybridized carbons (Fsp3) is 0.462. The maximum Gasteiger partial charge on any atom is 0.326 e. The van der Waals surface area contributed by atoms with Crippen molar-refractivity contribution in [1.82, 2.24) is 10.6 Å². The molecule has 0 radical (unpaired) electrons. The van der Waals surface area contributed by atoms with Crippen LogP contribution in [0.2, 0.25) is 0 Å². The summed E-state index contributed by atoms with van der Waals surface area (Å²) < 4.78 is 35.4. The van der Waals surface area contributed by atoms with E-state index in [1.807, 2.05) is 0 Å². The number of carboxylic acids is 1. The van der Waals surface area contributed by atoms with Crippen LogP contribution < -0.4 is 20.1 Å². The summed E-state index contributed by atoms with van der Waals surface area (Å²) in [7, 11) is -1.04. The van der Waals surface area contributed by atoms with Crippen LogP contribution in [0.4, 0.5) is 0 Å². The van der Waals surface area contributed by atoms with Gasteiger partial charge in [0.2, 0.25) is 12.5 Å². The molecule has 1 fully saturated rings. The maximum atomic E-state index is 13.4. The topological polar surface area (TPSA) is 174 Å². The van der Waals surface area contributed by atoms with E-state index in [1.165, 1.54) is 0 Å². The van der Waals surface area contributed by atoms with Crippen LogP contribution in [-0.2, 0) is 25.8 Å². The molecular formula is C26H33N3O9S. The van der Waals surface area contributed by atoms with Gasteiger partial charge in [-0.15, -0.1) is 0 Å². The molecule has 13 heteroatoms. The molecule has 0 aliphatic carbocycles. The maximum absolute atomic E-state index is 13.4. The molecule has 3 rings (SSSR count). The Labute approximate surface area is 226 Å². The molecular weight excluding hydrogens is 530 g/mol. The Bertz CT molecular complexity index is 1270. The van der Waals surface area contributed by atoms with Crippen LogP contribution in [0.15, 0.2) is 42.5 Å². The van der Waals surface area contributed by atoms with E-state index in [2.05, 4.69) is 10.6 Å². The Kier molecular flexibility index (Phi) is 9.86. The zero-order valence-electron chi connectivity index (χ0n) is 21.8. The number of benzene rings is 2. The third-order valence-electron chi connectivity index (χ3n) is 6.82. The van der Waals surface area contributed by atoms with Crippen LogP contribution in [0.3, 0.4) is 0 Å². The van der Waals surface area contributed by atoms with E-state index in [0.717, 1.165) is 11.1 Å². The highest BCUT2D eigenvalue weighted by Gasteiger charge is 2.51. The summed E-state index contributed by atoms with van der Waals surface area (Å²) >= 11 is 0. The summed E-state index contributed by atoms with van der Waals surface area (Å²) in [5.74, 6) is -1.58. The summed E-state index contributed by atoms with van der Waals surface area (Å²) in [4.78, 5) is 35.5. The molecule has 1 aliphatic rings.